The predicted octanol–water partition coefficient (Wildman–Crippen LogP) is 4.76. The molecule has 42 heavy (non-hydrogen) atoms. The molecule has 13 heteroatoms. The van der Waals surface area contributed by atoms with E-state index in [9.17, 15) is 29.1 Å². The Hall–Kier alpha value is -5.98. The summed E-state index contributed by atoms with van der Waals surface area (Å²) in [6.45, 7) is 2.33. The summed E-state index contributed by atoms with van der Waals surface area (Å²) in [7, 11) is 0. The monoisotopic (exact) mass is 571 g/mol. The Balaban J connectivity index is 1.67. The Morgan fingerprint density at radius 3 is 1.81 bits per heavy atom. The maximum absolute atomic E-state index is 12.7. The molecule has 0 aliphatic heterocycles. The van der Waals surface area contributed by atoms with Gasteiger partial charge < -0.3 is 26.0 Å². The highest BCUT2D eigenvalue weighted by Crippen LogP contribution is 2.19. The van der Waals surface area contributed by atoms with Crippen LogP contribution in [0.5, 0.6) is 0 Å². The van der Waals surface area contributed by atoms with Crippen molar-refractivity contribution < 1.29 is 39.3 Å². The summed E-state index contributed by atoms with van der Waals surface area (Å²) in [5, 5.41) is 40.8. The largest absolute Gasteiger partial charge is 0.510 e. The standard InChI is InChI=1S/C29H25N5O8/c1-16(35)24(30-15-18-5-3-6-19(13-18)28(39)40)26(37)31-21-9-11-22(12-10-21)32-27(38)25(17(2)36)34-33-23-8-4-7-20(14-23)29(41)42/h3-14,36H,15H2,1-2H3,(H,31,37)(H,32,38)(H,39,40)(H,41,42). The molecule has 0 spiro atoms. The Bertz CT molecular complexity index is 1640. The number of carbonyl (C=O) groups is 5. The smallest absolute Gasteiger partial charge is 0.335 e. The number of aliphatic hydroxyl groups is 1. The van der Waals surface area contributed by atoms with E-state index in [-0.39, 0.29) is 40.4 Å². The number of azo groups is 1. The van der Waals surface area contributed by atoms with E-state index >= 15 is 0 Å². The van der Waals surface area contributed by atoms with Crippen LogP contribution >= 0.6 is 0 Å². The second kappa shape index (κ2) is 13.9. The van der Waals surface area contributed by atoms with Crippen molar-refractivity contribution in [1.29, 1.82) is 0 Å². The molecule has 3 rings (SSSR count). The van der Waals surface area contributed by atoms with Gasteiger partial charge in [0.15, 0.2) is 17.2 Å². The average Bonchev–Trinajstić information content (AvgIpc) is 2.94. The molecular formula is C29H25N5O8. The molecule has 2 amide bonds. The van der Waals surface area contributed by atoms with Gasteiger partial charge in [-0.3, -0.25) is 19.4 Å². The first kappa shape index (κ1) is 30.6. The zero-order valence-corrected chi connectivity index (χ0v) is 22.4. The minimum atomic E-state index is -1.16. The lowest BCUT2D eigenvalue weighted by molar-refractivity contribution is -0.115. The Kier molecular flexibility index (Phi) is 10.1. The number of carboxylic acids is 2. The number of carboxylic acid groups (broad SMARTS) is 2. The van der Waals surface area contributed by atoms with E-state index < -0.39 is 41.0 Å². The van der Waals surface area contributed by atoms with Gasteiger partial charge in [0.2, 0.25) is 0 Å². The van der Waals surface area contributed by atoms with Crippen molar-refractivity contribution in [2.75, 3.05) is 10.6 Å². The molecule has 0 unspecified atom stereocenters. The summed E-state index contributed by atoms with van der Waals surface area (Å²) < 4.78 is 0. The van der Waals surface area contributed by atoms with E-state index in [1.54, 1.807) is 6.07 Å². The van der Waals surface area contributed by atoms with Crippen molar-refractivity contribution in [3.05, 3.63) is 101 Å². The highest BCUT2D eigenvalue weighted by Gasteiger charge is 2.18. The van der Waals surface area contributed by atoms with E-state index in [4.69, 9.17) is 10.2 Å². The number of carbonyl (C=O) groups excluding carboxylic acids is 3. The van der Waals surface area contributed by atoms with Crippen LogP contribution in [0.4, 0.5) is 17.1 Å². The zero-order chi connectivity index (χ0) is 30.8. The molecule has 0 heterocycles. The van der Waals surface area contributed by atoms with Crippen LogP contribution in [0, 0.1) is 0 Å². The number of hydrogen-bond acceptors (Lipinski definition) is 9. The molecule has 0 aromatic heterocycles. The fraction of sp³-hybridized carbons (Fsp3) is 0.103. The fourth-order valence-electron chi connectivity index (χ4n) is 3.42. The summed E-state index contributed by atoms with van der Waals surface area (Å²) in [4.78, 5) is 63.8. The highest BCUT2D eigenvalue weighted by atomic mass is 16.4. The number of aliphatic imine (C=N–C) groups is 1. The van der Waals surface area contributed by atoms with Crippen LogP contribution in [-0.2, 0) is 20.9 Å². The zero-order valence-electron chi connectivity index (χ0n) is 22.4. The first-order valence-electron chi connectivity index (χ1n) is 12.2. The van der Waals surface area contributed by atoms with E-state index in [1.165, 1.54) is 80.6 Å². The number of aliphatic hydroxyl groups excluding tert-OH is 1. The minimum absolute atomic E-state index is 0.0263. The van der Waals surface area contributed by atoms with Gasteiger partial charge in [0.1, 0.15) is 5.76 Å². The lowest BCUT2D eigenvalue weighted by Gasteiger charge is -2.09. The highest BCUT2D eigenvalue weighted by molar-refractivity contribution is 6.67. The van der Waals surface area contributed by atoms with Crippen LogP contribution in [0.15, 0.2) is 99.5 Å². The van der Waals surface area contributed by atoms with Crippen LogP contribution < -0.4 is 10.6 Å². The molecule has 0 aliphatic carbocycles. The van der Waals surface area contributed by atoms with Gasteiger partial charge in [-0.05, 0) is 67.1 Å². The van der Waals surface area contributed by atoms with Crippen LogP contribution in [0.25, 0.3) is 0 Å². The third-order valence-corrected chi connectivity index (χ3v) is 5.46. The number of benzene rings is 3. The van der Waals surface area contributed by atoms with Gasteiger partial charge in [-0.1, -0.05) is 18.2 Å². The number of hydrogen-bond donors (Lipinski definition) is 5. The summed E-state index contributed by atoms with van der Waals surface area (Å²) in [5.74, 6) is -4.87. The fourth-order valence-corrected chi connectivity index (χ4v) is 3.42. The Morgan fingerprint density at radius 2 is 1.26 bits per heavy atom. The average molecular weight is 572 g/mol. The van der Waals surface area contributed by atoms with Crippen molar-refractivity contribution >= 4 is 52.3 Å². The SMILES string of the molecule is CC(=O)C(=NCc1cccc(C(=O)O)c1)C(=O)Nc1ccc(NC(=O)C(N=Nc2cccc(C(=O)O)c2)=C(C)O)cc1. The summed E-state index contributed by atoms with van der Waals surface area (Å²) in [6.07, 6.45) is 0. The third kappa shape index (κ3) is 8.51. The molecular weight excluding hydrogens is 546 g/mol. The molecule has 3 aromatic rings. The molecule has 0 aliphatic rings. The molecule has 0 saturated heterocycles. The lowest BCUT2D eigenvalue weighted by Crippen LogP contribution is -2.28. The van der Waals surface area contributed by atoms with Gasteiger partial charge in [-0.2, -0.15) is 5.11 Å². The Labute approximate surface area is 239 Å². The number of amides is 2. The van der Waals surface area contributed by atoms with E-state index in [2.05, 4.69) is 25.9 Å². The van der Waals surface area contributed by atoms with Crippen LogP contribution in [0.3, 0.4) is 0 Å². The van der Waals surface area contributed by atoms with E-state index in [0.717, 1.165) is 0 Å². The topological polar surface area (TPSA) is 207 Å². The third-order valence-electron chi connectivity index (χ3n) is 5.46. The first-order chi connectivity index (χ1) is 19.9. The number of ketones is 1. The predicted molar refractivity (Wildman–Crippen MR) is 152 cm³/mol. The number of nitrogens with one attached hydrogen (secondary N) is 2. The van der Waals surface area contributed by atoms with Crippen LogP contribution in [0.1, 0.15) is 40.1 Å². The molecule has 0 atom stereocenters. The summed E-state index contributed by atoms with van der Waals surface area (Å²) in [5.41, 5.74) is 0.469. The molecule has 0 saturated carbocycles. The second-order valence-electron chi connectivity index (χ2n) is 8.70. The number of aromatic carboxylic acids is 2. The number of allylic oxidation sites excluding steroid dienone is 1. The van der Waals surface area contributed by atoms with Gasteiger partial charge >= 0.3 is 11.9 Å². The van der Waals surface area contributed by atoms with Crippen molar-refractivity contribution in [2.24, 2.45) is 15.2 Å². The number of rotatable bonds is 11. The normalized spacial score (nSPS) is 11.9. The van der Waals surface area contributed by atoms with Gasteiger partial charge in [-0.25, -0.2) is 9.59 Å². The van der Waals surface area contributed by atoms with E-state index in [1.807, 2.05) is 0 Å². The van der Waals surface area contributed by atoms with Crippen molar-refractivity contribution in [3.63, 3.8) is 0 Å². The Morgan fingerprint density at radius 1 is 0.714 bits per heavy atom. The van der Waals surface area contributed by atoms with Crippen molar-refractivity contribution in [2.45, 2.75) is 20.4 Å². The molecule has 0 bridgehead atoms. The molecule has 13 nitrogen and oxygen atoms in total. The number of Topliss-reactive ketones (excluding diaryl/α,β-unsaturated/α-hetero) is 1. The maximum atomic E-state index is 12.7. The molecule has 214 valence electrons. The molecule has 0 fully saturated rings. The second-order valence-corrected chi connectivity index (χ2v) is 8.70. The summed E-state index contributed by atoms with van der Waals surface area (Å²) in [6, 6.07) is 17.3. The quantitative estimate of drug-likeness (QED) is 0.0710. The van der Waals surface area contributed by atoms with Crippen LogP contribution in [0.2, 0.25) is 0 Å². The maximum Gasteiger partial charge on any atom is 0.335 e. The number of nitrogens with zero attached hydrogens (tertiary/aromatic N) is 3. The molecule has 5 N–H and O–H groups in total. The lowest BCUT2D eigenvalue weighted by atomic mass is 10.1. The van der Waals surface area contributed by atoms with Gasteiger partial charge in [-0.15, -0.1) is 5.11 Å². The summed E-state index contributed by atoms with van der Waals surface area (Å²) >= 11 is 0. The van der Waals surface area contributed by atoms with Crippen molar-refractivity contribution in [3.8, 4) is 0 Å². The van der Waals surface area contributed by atoms with E-state index in [0.29, 0.717) is 5.56 Å². The first-order valence-corrected chi connectivity index (χ1v) is 12.2. The van der Waals surface area contributed by atoms with Gasteiger partial charge in [0.05, 0.1) is 23.4 Å². The van der Waals surface area contributed by atoms with Gasteiger partial charge in [0.25, 0.3) is 11.8 Å². The van der Waals surface area contributed by atoms with Gasteiger partial charge in [0, 0.05) is 18.3 Å². The molecule has 0 radical (unpaired) electrons. The van der Waals surface area contributed by atoms with Crippen LogP contribution in [-0.4, -0.2) is 50.6 Å². The minimum Gasteiger partial charge on any atom is -0.510 e. The molecule has 3 aromatic carbocycles. The van der Waals surface area contributed by atoms with Crippen molar-refractivity contribution in [1.82, 2.24) is 0 Å². The number of anilines is 2.